The third kappa shape index (κ3) is 4.68. The van der Waals surface area contributed by atoms with Crippen molar-refractivity contribution < 1.29 is 4.79 Å². The summed E-state index contributed by atoms with van der Waals surface area (Å²) in [6.07, 6.45) is 6.32. The van der Waals surface area contributed by atoms with E-state index in [2.05, 4.69) is 57.7 Å². The highest BCUT2D eigenvalue weighted by molar-refractivity contribution is 14.1. The SMILES string of the molecule is CC(C)CC1(CNC(=O)c2cc(Br)ccc2I)CCCC1. The Bertz CT molecular complexity index is 510. The fraction of sp³-hybridized carbons (Fsp3) is 0.588. The largest absolute Gasteiger partial charge is 0.351 e. The number of halogens is 2. The molecule has 1 fully saturated rings. The number of rotatable bonds is 5. The minimum Gasteiger partial charge on any atom is -0.351 e. The Morgan fingerprint density at radius 3 is 2.67 bits per heavy atom. The van der Waals surface area contributed by atoms with Gasteiger partial charge in [0, 0.05) is 14.6 Å². The molecule has 1 aromatic rings. The first-order valence-electron chi connectivity index (χ1n) is 7.65. The molecule has 1 amide bonds. The van der Waals surface area contributed by atoms with Gasteiger partial charge in [-0.1, -0.05) is 42.6 Å². The number of nitrogens with one attached hydrogen (secondary N) is 1. The van der Waals surface area contributed by atoms with Crippen LogP contribution in [0.25, 0.3) is 0 Å². The second kappa shape index (κ2) is 7.44. The molecular weight excluding hydrogens is 441 g/mol. The third-order valence-electron chi connectivity index (χ3n) is 4.30. The lowest BCUT2D eigenvalue weighted by Crippen LogP contribution is -2.37. The minimum atomic E-state index is 0.0516. The number of hydrogen-bond donors (Lipinski definition) is 1. The highest BCUT2D eigenvalue weighted by Gasteiger charge is 2.34. The number of benzene rings is 1. The van der Waals surface area contributed by atoms with Crippen LogP contribution in [0.5, 0.6) is 0 Å². The Kier molecular flexibility index (Phi) is 6.12. The molecule has 0 unspecified atom stereocenters. The zero-order valence-corrected chi connectivity index (χ0v) is 16.5. The summed E-state index contributed by atoms with van der Waals surface area (Å²) in [6, 6.07) is 5.84. The van der Waals surface area contributed by atoms with E-state index in [9.17, 15) is 4.79 Å². The summed E-state index contributed by atoms with van der Waals surface area (Å²) in [5.74, 6) is 0.738. The van der Waals surface area contributed by atoms with E-state index < -0.39 is 0 Å². The summed E-state index contributed by atoms with van der Waals surface area (Å²) < 4.78 is 1.95. The lowest BCUT2D eigenvalue weighted by Gasteiger charge is -2.31. The molecule has 4 heteroatoms. The summed E-state index contributed by atoms with van der Waals surface area (Å²) in [6.45, 7) is 5.37. The number of carbonyl (C=O) groups excluding carboxylic acids is 1. The van der Waals surface area contributed by atoms with Gasteiger partial charge < -0.3 is 5.32 Å². The molecule has 0 atom stereocenters. The highest BCUT2D eigenvalue weighted by Crippen LogP contribution is 2.42. The van der Waals surface area contributed by atoms with E-state index in [1.807, 2.05) is 18.2 Å². The summed E-state index contributed by atoms with van der Waals surface area (Å²) in [5, 5.41) is 3.19. The quantitative estimate of drug-likeness (QED) is 0.582. The zero-order chi connectivity index (χ0) is 15.5. The van der Waals surface area contributed by atoms with Crippen LogP contribution in [-0.2, 0) is 0 Å². The molecule has 0 aliphatic heterocycles. The van der Waals surface area contributed by atoms with Crippen molar-refractivity contribution in [2.45, 2.75) is 46.0 Å². The first kappa shape index (κ1) is 17.3. The second-order valence-electron chi connectivity index (χ2n) is 6.61. The molecule has 2 rings (SSSR count). The predicted molar refractivity (Wildman–Crippen MR) is 99.5 cm³/mol. The van der Waals surface area contributed by atoms with Crippen molar-refractivity contribution in [3.05, 3.63) is 31.8 Å². The van der Waals surface area contributed by atoms with Gasteiger partial charge in [-0.2, -0.15) is 0 Å². The van der Waals surface area contributed by atoms with Gasteiger partial charge in [-0.15, -0.1) is 0 Å². The number of amides is 1. The lowest BCUT2D eigenvalue weighted by atomic mass is 9.78. The molecule has 2 nitrogen and oxygen atoms in total. The monoisotopic (exact) mass is 463 g/mol. The van der Waals surface area contributed by atoms with Crippen molar-refractivity contribution in [2.75, 3.05) is 6.54 Å². The van der Waals surface area contributed by atoms with Crippen molar-refractivity contribution in [2.24, 2.45) is 11.3 Å². The first-order chi connectivity index (χ1) is 9.92. The van der Waals surface area contributed by atoms with Crippen LogP contribution < -0.4 is 5.32 Å². The average molecular weight is 464 g/mol. The van der Waals surface area contributed by atoms with E-state index in [1.165, 1.54) is 32.1 Å². The maximum atomic E-state index is 12.5. The molecule has 0 aromatic heterocycles. The summed E-state index contributed by atoms with van der Waals surface area (Å²) in [7, 11) is 0. The van der Waals surface area contributed by atoms with Crippen LogP contribution in [0.2, 0.25) is 0 Å². The van der Waals surface area contributed by atoms with Crippen LogP contribution in [0.15, 0.2) is 22.7 Å². The summed E-state index contributed by atoms with van der Waals surface area (Å²) in [4.78, 5) is 12.5. The third-order valence-corrected chi connectivity index (χ3v) is 5.74. The van der Waals surface area contributed by atoms with E-state index in [1.54, 1.807) is 0 Å². The van der Waals surface area contributed by atoms with Crippen molar-refractivity contribution in [1.82, 2.24) is 5.32 Å². The summed E-state index contributed by atoms with van der Waals surface area (Å²) >= 11 is 5.66. The number of carbonyl (C=O) groups is 1. The van der Waals surface area contributed by atoms with E-state index in [0.717, 1.165) is 20.2 Å². The van der Waals surface area contributed by atoms with Gasteiger partial charge in [0.05, 0.1) is 5.56 Å². The molecule has 0 radical (unpaired) electrons. The molecule has 0 saturated heterocycles. The van der Waals surface area contributed by atoms with E-state index >= 15 is 0 Å². The van der Waals surface area contributed by atoms with Gasteiger partial charge >= 0.3 is 0 Å². The van der Waals surface area contributed by atoms with E-state index in [-0.39, 0.29) is 5.91 Å². The maximum Gasteiger partial charge on any atom is 0.252 e. The summed E-state index contributed by atoms with van der Waals surface area (Å²) in [5.41, 5.74) is 1.09. The van der Waals surface area contributed by atoms with Crippen molar-refractivity contribution in [3.8, 4) is 0 Å². The zero-order valence-electron chi connectivity index (χ0n) is 12.7. The normalized spacial score (nSPS) is 17.2. The Hall–Kier alpha value is -0.100. The fourth-order valence-corrected chi connectivity index (χ4v) is 4.42. The van der Waals surface area contributed by atoms with Gasteiger partial charge in [-0.05, 0) is 71.4 Å². The van der Waals surface area contributed by atoms with Gasteiger partial charge in [-0.25, -0.2) is 0 Å². The number of hydrogen-bond acceptors (Lipinski definition) is 1. The van der Waals surface area contributed by atoms with Crippen molar-refractivity contribution in [1.29, 1.82) is 0 Å². The van der Waals surface area contributed by atoms with Gasteiger partial charge in [-0.3, -0.25) is 4.79 Å². The van der Waals surface area contributed by atoms with Crippen molar-refractivity contribution in [3.63, 3.8) is 0 Å². The van der Waals surface area contributed by atoms with Crippen LogP contribution in [0, 0.1) is 14.9 Å². The Balaban J connectivity index is 2.03. The van der Waals surface area contributed by atoms with Crippen LogP contribution >= 0.6 is 38.5 Å². The van der Waals surface area contributed by atoms with E-state index in [0.29, 0.717) is 11.3 Å². The Labute approximate surface area is 149 Å². The van der Waals surface area contributed by atoms with Crippen LogP contribution in [0.3, 0.4) is 0 Å². The van der Waals surface area contributed by atoms with E-state index in [4.69, 9.17) is 0 Å². The van der Waals surface area contributed by atoms with Crippen LogP contribution in [-0.4, -0.2) is 12.5 Å². The molecular formula is C17H23BrINO. The predicted octanol–water partition coefficient (Wildman–Crippen LogP) is 5.39. The average Bonchev–Trinajstić information content (AvgIpc) is 2.87. The first-order valence-corrected chi connectivity index (χ1v) is 9.52. The lowest BCUT2D eigenvalue weighted by molar-refractivity contribution is 0.0921. The minimum absolute atomic E-state index is 0.0516. The Morgan fingerprint density at radius 2 is 2.05 bits per heavy atom. The van der Waals surface area contributed by atoms with Gasteiger partial charge in [0.1, 0.15) is 0 Å². The molecule has 1 aliphatic carbocycles. The smallest absolute Gasteiger partial charge is 0.252 e. The van der Waals surface area contributed by atoms with Crippen molar-refractivity contribution >= 4 is 44.4 Å². The molecule has 0 bridgehead atoms. The molecule has 1 saturated carbocycles. The van der Waals surface area contributed by atoms with Crippen LogP contribution in [0.4, 0.5) is 0 Å². The highest BCUT2D eigenvalue weighted by atomic mass is 127. The van der Waals surface area contributed by atoms with Gasteiger partial charge in [0.15, 0.2) is 0 Å². The Morgan fingerprint density at radius 1 is 1.38 bits per heavy atom. The van der Waals surface area contributed by atoms with Crippen LogP contribution in [0.1, 0.15) is 56.3 Å². The fourth-order valence-electron chi connectivity index (χ4n) is 3.48. The molecule has 0 heterocycles. The second-order valence-corrected chi connectivity index (χ2v) is 8.69. The van der Waals surface area contributed by atoms with Gasteiger partial charge in [0.25, 0.3) is 5.91 Å². The van der Waals surface area contributed by atoms with Gasteiger partial charge in [0.2, 0.25) is 0 Å². The molecule has 21 heavy (non-hydrogen) atoms. The molecule has 0 spiro atoms. The molecule has 116 valence electrons. The molecule has 1 aliphatic rings. The molecule has 1 aromatic carbocycles. The topological polar surface area (TPSA) is 29.1 Å². The standard InChI is InChI=1S/C17H23BrINO/c1-12(2)10-17(7-3-4-8-17)11-20-16(21)14-9-13(18)5-6-15(14)19/h5-6,9,12H,3-4,7-8,10-11H2,1-2H3,(H,20,21). The molecule has 1 N–H and O–H groups in total. The maximum absolute atomic E-state index is 12.5.